The number of rotatable bonds is 4. The molecule has 1 aliphatic heterocycles. The Bertz CT molecular complexity index is 758. The van der Waals surface area contributed by atoms with E-state index in [4.69, 9.17) is 10.2 Å². The van der Waals surface area contributed by atoms with Crippen LogP contribution in [0.5, 0.6) is 0 Å². The fraction of sp³-hybridized carbons (Fsp3) is 0.312. The van der Waals surface area contributed by atoms with E-state index in [0.717, 1.165) is 24.6 Å². The van der Waals surface area contributed by atoms with Crippen LogP contribution in [0.3, 0.4) is 0 Å². The summed E-state index contributed by atoms with van der Waals surface area (Å²) in [7, 11) is 0. The third-order valence-corrected chi connectivity index (χ3v) is 4.57. The van der Waals surface area contributed by atoms with Gasteiger partial charge in [0.15, 0.2) is 5.76 Å². The minimum absolute atomic E-state index is 0.0496. The Kier molecular flexibility index (Phi) is 5.05. The zero-order chi connectivity index (χ0) is 16.9. The van der Waals surface area contributed by atoms with Crippen molar-refractivity contribution in [1.82, 2.24) is 19.7 Å². The first-order chi connectivity index (χ1) is 11.7. The monoisotopic (exact) mass is 345 g/mol. The van der Waals surface area contributed by atoms with E-state index in [1.165, 1.54) is 6.20 Å². The second-order valence-electron chi connectivity index (χ2n) is 5.25. The van der Waals surface area contributed by atoms with Gasteiger partial charge >= 0.3 is 0 Å². The minimum atomic E-state index is -0.0496. The summed E-state index contributed by atoms with van der Waals surface area (Å²) in [5.41, 5.74) is 5.99. The molecular weight excluding hydrogens is 326 g/mol. The molecule has 0 aromatic carbocycles. The molecule has 0 spiro atoms. The summed E-state index contributed by atoms with van der Waals surface area (Å²) in [5.74, 6) is 3.58. The number of carbonyl (C=O) groups is 1. The number of hydrogen-bond acceptors (Lipinski definition) is 6. The number of thioether (sulfide) groups is 1. The van der Waals surface area contributed by atoms with E-state index in [1.807, 2.05) is 23.6 Å². The molecule has 3 heterocycles. The molecule has 7 nitrogen and oxygen atoms in total. The Balaban J connectivity index is 1.89. The van der Waals surface area contributed by atoms with Crippen molar-refractivity contribution in [3.8, 4) is 11.6 Å². The van der Waals surface area contributed by atoms with Gasteiger partial charge in [-0.15, -0.1) is 5.10 Å². The Morgan fingerprint density at radius 1 is 1.42 bits per heavy atom. The van der Waals surface area contributed by atoms with Crippen molar-refractivity contribution in [3.05, 3.63) is 42.1 Å². The van der Waals surface area contributed by atoms with Crippen LogP contribution in [0.15, 0.2) is 40.7 Å². The van der Waals surface area contributed by atoms with Crippen molar-refractivity contribution in [2.75, 3.05) is 24.6 Å². The van der Waals surface area contributed by atoms with Gasteiger partial charge in [-0.05, 0) is 31.3 Å². The lowest BCUT2D eigenvalue weighted by Crippen LogP contribution is -2.38. The molecule has 1 fully saturated rings. The molecule has 0 bridgehead atoms. The molecular formula is C16H19N5O2S. The quantitative estimate of drug-likeness (QED) is 0.670. The molecule has 2 aromatic rings. The molecule has 24 heavy (non-hydrogen) atoms. The lowest BCUT2D eigenvalue weighted by molar-refractivity contribution is -0.126. The molecule has 8 heteroatoms. The zero-order valence-corrected chi connectivity index (χ0v) is 14.2. The summed E-state index contributed by atoms with van der Waals surface area (Å²) in [4.78, 5) is 18.9. The number of amides is 1. The smallest absolute Gasteiger partial charge is 0.255 e. The van der Waals surface area contributed by atoms with Crippen molar-refractivity contribution in [2.24, 2.45) is 5.73 Å². The number of nitrogens with two attached hydrogens (primary N) is 1. The van der Waals surface area contributed by atoms with Crippen LogP contribution in [0.4, 0.5) is 0 Å². The number of nitrogens with zero attached hydrogens (tertiary/aromatic N) is 4. The maximum atomic E-state index is 12.7. The summed E-state index contributed by atoms with van der Waals surface area (Å²) < 4.78 is 6.89. The topological polar surface area (TPSA) is 90.2 Å². The lowest BCUT2D eigenvalue weighted by Gasteiger charge is -2.26. The average molecular weight is 345 g/mol. The highest BCUT2D eigenvalue weighted by atomic mass is 32.2. The van der Waals surface area contributed by atoms with Gasteiger partial charge in [0.25, 0.3) is 5.91 Å². The summed E-state index contributed by atoms with van der Waals surface area (Å²) in [6.07, 6.45) is 6.18. The van der Waals surface area contributed by atoms with Gasteiger partial charge in [0.1, 0.15) is 5.82 Å². The molecule has 3 rings (SSSR count). The molecule has 0 atom stereocenters. The largest absolute Gasteiger partial charge is 0.461 e. The van der Waals surface area contributed by atoms with Crippen LogP contribution < -0.4 is 5.73 Å². The van der Waals surface area contributed by atoms with Crippen LogP contribution in [0.25, 0.3) is 17.8 Å². The van der Waals surface area contributed by atoms with E-state index in [2.05, 4.69) is 10.1 Å². The number of furan rings is 1. The minimum Gasteiger partial charge on any atom is -0.461 e. The van der Waals surface area contributed by atoms with Crippen LogP contribution in [-0.2, 0) is 4.79 Å². The highest BCUT2D eigenvalue weighted by Crippen LogP contribution is 2.17. The Morgan fingerprint density at radius 2 is 2.21 bits per heavy atom. The summed E-state index contributed by atoms with van der Waals surface area (Å²) in [6, 6.07) is 3.57. The fourth-order valence-electron chi connectivity index (χ4n) is 2.39. The number of carbonyl (C=O) groups excluding carboxylic acids is 1. The van der Waals surface area contributed by atoms with Crippen LogP contribution in [0.2, 0.25) is 0 Å². The Labute approximate surface area is 144 Å². The van der Waals surface area contributed by atoms with Crippen molar-refractivity contribution in [1.29, 1.82) is 0 Å². The van der Waals surface area contributed by atoms with Crippen molar-refractivity contribution < 1.29 is 9.21 Å². The van der Waals surface area contributed by atoms with Crippen LogP contribution in [0.1, 0.15) is 5.82 Å². The summed E-state index contributed by atoms with van der Waals surface area (Å²) >= 11 is 1.86. The van der Waals surface area contributed by atoms with E-state index in [1.54, 1.807) is 35.4 Å². The molecule has 1 amide bonds. The standard InChI is InChI=1S/C16H19N5O2S/c1-12-18-15(14-3-2-8-23-14)19-21(12)11-13(4-5-17)16(22)20-6-9-24-10-7-20/h2-5,8,11H,6-7,9-10,17H2,1H3/b5-4+,13-11+. The van der Waals surface area contributed by atoms with E-state index >= 15 is 0 Å². The normalized spacial score (nSPS) is 16.0. The molecule has 2 aromatic heterocycles. The third kappa shape index (κ3) is 3.53. The first-order valence-corrected chi connectivity index (χ1v) is 8.78. The summed E-state index contributed by atoms with van der Waals surface area (Å²) in [6.45, 7) is 3.31. The van der Waals surface area contributed by atoms with Gasteiger partial charge in [-0.3, -0.25) is 4.79 Å². The van der Waals surface area contributed by atoms with Gasteiger partial charge in [-0.2, -0.15) is 11.8 Å². The van der Waals surface area contributed by atoms with E-state index in [-0.39, 0.29) is 5.91 Å². The van der Waals surface area contributed by atoms with Crippen molar-refractivity contribution in [3.63, 3.8) is 0 Å². The maximum absolute atomic E-state index is 12.7. The highest BCUT2D eigenvalue weighted by Gasteiger charge is 2.20. The molecule has 2 N–H and O–H groups in total. The second-order valence-corrected chi connectivity index (χ2v) is 6.48. The number of hydrogen-bond donors (Lipinski definition) is 1. The van der Waals surface area contributed by atoms with Gasteiger partial charge in [-0.1, -0.05) is 0 Å². The van der Waals surface area contributed by atoms with Gasteiger partial charge < -0.3 is 15.1 Å². The van der Waals surface area contributed by atoms with Crippen LogP contribution in [-0.4, -0.2) is 50.2 Å². The zero-order valence-electron chi connectivity index (χ0n) is 13.4. The molecule has 126 valence electrons. The molecule has 0 saturated carbocycles. The number of aromatic nitrogens is 3. The van der Waals surface area contributed by atoms with Crippen molar-refractivity contribution in [2.45, 2.75) is 6.92 Å². The number of aryl methyl sites for hydroxylation is 1. The first-order valence-electron chi connectivity index (χ1n) is 7.63. The fourth-order valence-corrected chi connectivity index (χ4v) is 3.29. The predicted molar refractivity (Wildman–Crippen MR) is 94.0 cm³/mol. The SMILES string of the molecule is Cc1nc(-c2ccco2)nn1/C=C(\C=C\N)C(=O)N1CCSCC1. The van der Waals surface area contributed by atoms with Crippen LogP contribution >= 0.6 is 11.8 Å². The molecule has 1 saturated heterocycles. The van der Waals surface area contributed by atoms with Gasteiger partial charge in [-0.25, -0.2) is 9.67 Å². The molecule has 1 aliphatic rings. The highest BCUT2D eigenvalue weighted by molar-refractivity contribution is 7.99. The van der Waals surface area contributed by atoms with Gasteiger partial charge in [0, 0.05) is 30.8 Å². The lowest BCUT2D eigenvalue weighted by atomic mass is 10.2. The maximum Gasteiger partial charge on any atom is 0.255 e. The molecule has 0 aliphatic carbocycles. The average Bonchev–Trinajstić information content (AvgIpc) is 3.25. The third-order valence-electron chi connectivity index (χ3n) is 3.63. The van der Waals surface area contributed by atoms with E-state index < -0.39 is 0 Å². The van der Waals surface area contributed by atoms with E-state index in [0.29, 0.717) is 23.0 Å². The van der Waals surface area contributed by atoms with Gasteiger partial charge in [0.05, 0.1) is 11.8 Å². The molecule has 0 radical (unpaired) electrons. The van der Waals surface area contributed by atoms with E-state index in [9.17, 15) is 4.79 Å². The summed E-state index contributed by atoms with van der Waals surface area (Å²) in [5, 5.41) is 4.39. The first kappa shape index (κ1) is 16.4. The Morgan fingerprint density at radius 3 is 2.88 bits per heavy atom. The van der Waals surface area contributed by atoms with Crippen molar-refractivity contribution >= 4 is 23.9 Å². The second kappa shape index (κ2) is 7.39. The molecule has 0 unspecified atom stereocenters. The van der Waals surface area contributed by atoms with Gasteiger partial charge in [0.2, 0.25) is 5.82 Å². The predicted octanol–water partition coefficient (Wildman–Crippen LogP) is 1.74. The van der Waals surface area contributed by atoms with Crippen LogP contribution in [0, 0.1) is 6.92 Å². The Hall–Kier alpha value is -2.48.